The molecule has 24 heavy (non-hydrogen) atoms. The van der Waals surface area contributed by atoms with Gasteiger partial charge in [0.2, 0.25) is 5.91 Å². The highest BCUT2D eigenvalue weighted by atomic mass is 79.9. The number of carbonyl (C=O) groups is 1. The van der Waals surface area contributed by atoms with Gasteiger partial charge in [-0.05, 0) is 41.6 Å². The van der Waals surface area contributed by atoms with Gasteiger partial charge in [-0.2, -0.15) is 0 Å². The summed E-state index contributed by atoms with van der Waals surface area (Å²) in [7, 11) is 1.66. The number of benzene rings is 2. The van der Waals surface area contributed by atoms with Crippen LogP contribution in [0.2, 0.25) is 0 Å². The van der Waals surface area contributed by atoms with E-state index in [0.717, 1.165) is 33.1 Å². The lowest BCUT2D eigenvalue weighted by molar-refractivity contribution is -0.121. The van der Waals surface area contributed by atoms with Crippen molar-refractivity contribution in [3.05, 3.63) is 64.8 Å². The number of hydrogen-bond donors (Lipinski definition) is 1. The molecule has 5 heteroatoms. The Hall–Kier alpha value is -2.27. The van der Waals surface area contributed by atoms with Crippen LogP contribution in [-0.2, 0) is 17.8 Å². The van der Waals surface area contributed by atoms with Crippen LogP contribution in [0.1, 0.15) is 5.56 Å². The number of hydrogen-bond acceptors (Lipinski definition) is 2. The molecule has 2 aromatic carbocycles. The molecule has 0 radical (unpaired) electrons. The van der Waals surface area contributed by atoms with Crippen LogP contribution in [0, 0.1) is 0 Å². The lowest BCUT2D eigenvalue weighted by Crippen LogP contribution is -2.29. The molecule has 1 aromatic heterocycles. The number of amides is 1. The van der Waals surface area contributed by atoms with Crippen molar-refractivity contribution in [2.24, 2.45) is 0 Å². The lowest BCUT2D eigenvalue weighted by Gasteiger charge is -2.10. The van der Waals surface area contributed by atoms with Crippen LogP contribution in [0.3, 0.4) is 0 Å². The van der Waals surface area contributed by atoms with Crippen LogP contribution in [0.15, 0.2) is 59.2 Å². The number of rotatable bonds is 6. The fourth-order valence-corrected chi connectivity index (χ4v) is 3.10. The van der Waals surface area contributed by atoms with Crippen molar-refractivity contribution in [2.45, 2.75) is 13.0 Å². The molecule has 1 N–H and O–H groups in total. The minimum atomic E-state index is 0.00220. The Balaban J connectivity index is 1.58. The zero-order valence-corrected chi connectivity index (χ0v) is 15.0. The molecule has 124 valence electrons. The van der Waals surface area contributed by atoms with Crippen molar-refractivity contribution in [2.75, 3.05) is 13.7 Å². The second kappa shape index (κ2) is 7.53. The topological polar surface area (TPSA) is 43.3 Å². The summed E-state index contributed by atoms with van der Waals surface area (Å²) in [5, 5.41) is 4.10. The first-order valence-corrected chi connectivity index (χ1v) is 8.59. The van der Waals surface area contributed by atoms with Gasteiger partial charge in [0, 0.05) is 22.7 Å². The Labute approximate surface area is 149 Å². The average molecular weight is 387 g/mol. The maximum Gasteiger partial charge on any atom is 0.239 e. The van der Waals surface area contributed by atoms with Crippen molar-refractivity contribution in [1.82, 2.24) is 9.88 Å². The number of fused-ring (bicyclic) bond motifs is 1. The van der Waals surface area contributed by atoms with Gasteiger partial charge in [-0.15, -0.1) is 0 Å². The van der Waals surface area contributed by atoms with E-state index in [4.69, 9.17) is 4.74 Å². The molecule has 4 nitrogen and oxygen atoms in total. The number of halogens is 1. The number of aromatic nitrogens is 1. The van der Waals surface area contributed by atoms with E-state index in [1.54, 1.807) is 7.11 Å². The minimum Gasteiger partial charge on any atom is -0.496 e. The van der Waals surface area contributed by atoms with Crippen molar-refractivity contribution in [3.63, 3.8) is 0 Å². The van der Waals surface area contributed by atoms with Crippen LogP contribution < -0.4 is 10.1 Å². The second-order valence-corrected chi connectivity index (χ2v) is 6.47. The quantitative estimate of drug-likeness (QED) is 0.700. The standard InChI is InChI=1S/C19H19BrN2O2/c1-24-18-5-3-2-4-15(18)8-10-21-19(23)13-22-11-9-14-6-7-16(20)12-17(14)22/h2-7,9,11-12H,8,10,13H2,1H3,(H,21,23). The highest BCUT2D eigenvalue weighted by molar-refractivity contribution is 9.10. The molecule has 0 aliphatic rings. The lowest BCUT2D eigenvalue weighted by atomic mass is 10.1. The predicted octanol–water partition coefficient (Wildman–Crippen LogP) is 3.77. The van der Waals surface area contributed by atoms with Gasteiger partial charge in [0.1, 0.15) is 12.3 Å². The van der Waals surface area contributed by atoms with Crippen LogP contribution in [0.5, 0.6) is 5.75 Å². The van der Waals surface area contributed by atoms with E-state index in [0.29, 0.717) is 13.1 Å². The summed E-state index contributed by atoms with van der Waals surface area (Å²) in [4.78, 5) is 12.2. The SMILES string of the molecule is COc1ccccc1CCNC(=O)Cn1ccc2ccc(Br)cc21. The smallest absolute Gasteiger partial charge is 0.239 e. The van der Waals surface area contributed by atoms with E-state index >= 15 is 0 Å². The largest absolute Gasteiger partial charge is 0.496 e. The molecular formula is C19H19BrN2O2. The number of nitrogens with one attached hydrogen (secondary N) is 1. The molecule has 3 aromatic rings. The number of methoxy groups -OCH3 is 1. The Kier molecular flexibility index (Phi) is 5.20. The van der Waals surface area contributed by atoms with Crippen molar-refractivity contribution < 1.29 is 9.53 Å². The third-order valence-corrected chi connectivity index (χ3v) is 4.45. The summed E-state index contributed by atoms with van der Waals surface area (Å²) in [5.41, 5.74) is 2.14. The van der Waals surface area contributed by atoms with Crippen LogP contribution in [0.4, 0.5) is 0 Å². The highest BCUT2D eigenvalue weighted by Gasteiger charge is 2.07. The molecular weight excluding hydrogens is 368 g/mol. The van der Waals surface area contributed by atoms with Gasteiger partial charge in [0.05, 0.1) is 7.11 Å². The van der Waals surface area contributed by atoms with E-state index in [9.17, 15) is 4.79 Å². The molecule has 0 saturated heterocycles. The number of para-hydroxylation sites is 1. The summed E-state index contributed by atoms with van der Waals surface area (Å²) < 4.78 is 8.29. The molecule has 0 fully saturated rings. The van der Waals surface area contributed by atoms with E-state index < -0.39 is 0 Å². The van der Waals surface area contributed by atoms with Gasteiger partial charge >= 0.3 is 0 Å². The molecule has 0 aliphatic carbocycles. The first kappa shape index (κ1) is 16.6. The number of ether oxygens (including phenoxy) is 1. The molecule has 1 heterocycles. The van der Waals surface area contributed by atoms with E-state index in [1.165, 1.54) is 0 Å². The van der Waals surface area contributed by atoms with Gasteiger partial charge in [-0.1, -0.05) is 40.2 Å². The van der Waals surface area contributed by atoms with E-state index in [1.807, 2.05) is 59.3 Å². The summed E-state index contributed by atoms with van der Waals surface area (Å²) >= 11 is 3.47. The molecule has 0 bridgehead atoms. The van der Waals surface area contributed by atoms with Crippen LogP contribution in [0.25, 0.3) is 10.9 Å². The van der Waals surface area contributed by atoms with Crippen molar-refractivity contribution in [1.29, 1.82) is 0 Å². The molecule has 0 aliphatic heterocycles. The maximum absolute atomic E-state index is 12.2. The zero-order chi connectivity index (χ0) is 16.9. The number of carbonyl (C=O) groups excluding carboxylic acids is 1. The fourth-order valence-electron chi connectivity index (χ4n) is 2.75. The molecule has 0 unspecified atom stereocenters. The van der Waals surface area contributed by atoms with Crippen LogP contribution in [-0.4, -0.2) is 24.1 Å². The minimum absolute atomic E-state index is 0.00220. The average Bonchev–Trinajstić information content (AvgIpc) is 2.97. The second-order valence-electron chi connectivity index (χ2n) is 5.56. The van der Waals surface area contributed by atoms with Gasteiger partial charge in [0.25, 0.3) is 0 Å². The third kappa shape index (κ3) is 3.79. The Morgan fingerprint density at radius 2 is 2.04 bits per heavy atom. The molecule has 1 amide bonds. The van der Waals surface area contributed by atoms with Gasteiger partial charge in [-0.25, -0.2) is 0 Å². The highest BCUT2D eigenvalue weighted by Crippen LogP contribution is 2.21. The summed E-state index contributed by atoms with van der Waals surface area (Å²) in [6.07, 6.45) is 2.69. The first-order valence-electron chi connectivity index (χ1n) is 7.80. The number of nitrogens with zero attached hydrogens (tertiary/aromatic N) is 1. The molecule has 0 atom stereocenters. The first-order chi connectivity index (χ1) is 11.7. The van der Waals surface area contributed by atoms with Gasteiger partial charge < -0.3 is 14.6 Å². The maximum atomic E-state index is 12.2. The zero-order valence-electron chi connectivity index (χ0n) is 13.5. The van der Waals surface area contributed by atoms with Crippen molar-refractivity contribution in [3.8, 4) is 5.75 Å². The monoisotopic (exact) mass is 386 g/mol. The van der Waals surface area contributed by atoms with Gasteiger partial charge in [0.15, 0.2) is 0 Å². The Bertz CT molecular complexity index is 857. The summed E-state index contributed by atoms with van der Waals surface area (Å²) in [6, 6.07) is 15.9. The third-order valence-electron chi connectivity index (χ3n) is 3.96. The molecule has 0 saturated carbocycles. The van der Waals surface area contributed by atoms with Crippen molar-refractivity contribution >= 4 is 32.7 Å². The van der Waals surface area contributed by atoms with Crippen LogP contribution >= 0.6 is 15.9 Å². The van der Waals surface area contributed by atoms with E-state index in [-0.39, 0.29) is 5.91 Å². The Morgan fingerprint density at radius 1 is 1.21 bits per heavy atom. The van der Waals surface area contributed by atoms with E-state index in [2.05, 4.69) is 21.2 Å². The summed E-state index contributed by atoms with van der Waals surface area (Å²) in [5.74, 6) is 0.857. The van der Waals surface area contributed by atoms with Gasteiger partial charge in [-0.3, -0.25) is 4.79 Å². The normalized spacial score (nSPS) is 10.8. The fraction of sp³-hybridized carbons (Fsp3) is 0.211. The molecule has 0 spiro atoms. The summed E-state index contributed by atoms with van der Waals surface area (Å²) in [6.45, 7) is 0.897. The molecule has 3 rings (SSSR count). The Morgan fingerprint density at radius 3 is 2.88 bits per heavy atom. The predicted molar refractivity (Wildman–Crippen MR) is 99.3 cm³/mol.